The van der Waals surface area contributed by atoms with Crippen molar-refractivity contribution >= 4 is 26.0 Å². The van der Waals surface area contributed by atoms with Crippen molar-refractivity contribution in [3.8, 4) is 0 Å². The Kier molecular flexibility index (Phi) is 5.04. The topological polar surface area (TPSA) is 81.4 Å². The molecule has 3 N–H and O–H groups in total. The molecular weight excluding hydrogens is 363 g/mol. The van der Waals surface area contributed by atoms with E-state index in [4.69, 9.17) is 10.5 Å². The van der Waals surface area contributed by atoms with Gasteiger partial charge in [-0.2, -0.15) is 0 Å². The Hall–Kier alpha value is -0.540. The molecule has 1 aliphatic heterocycles. The van der Waals surface area contributed by atoms with Gasteiger partial charge in [0.25, 0.3) is 0 Å². The first-order valence-electron chi connectivity index (χ1n) is 6.59. The lowest BCUT2D eigenvalue weighted by Gasteiger charge is -2.23. The van der Waals surface area contributed by atoms with Gasteiger partial charge >= 0.3 is 0 Å². The predicted molar refractivity (Wildman–Crippen MR) is 80.8 cm³/mol. The van der Waals surface area contributed by atoms with Crippen LogP contribution in [0.3, 0.4) is 0 Å². The van der Waals surface area contributed by atoms with E-state index in [9.17, 15) is 12.8 Å². The van der Waals surface area contributed by atoms with Crippen molar-refractivity contribution in [1.29, 1.82) is 0 Å². The lowest BCUT2D eigenvalue weighted by Crippen LogP contribution is -2.40. The average molecular weight is 381 g/mol. The molecule has 0 aromatic heterocycles. The minimum Gasteiger partial charge on any atom is -0.374 e. The highest BCUT2D eigenvalue weighted by Gasteiger charge is 2.32. The van der Waals surface area contributed by atoms with Crippen LogP contribution in [0.5, 0.6) is 0 Å². The van der Waals surface area contributed by atoms with Crippen molar-refractivity contribution < 1.29 is 17.5 Å². The summed E-state index contributed by atoms with van der Waals surface area (Å²) >= 11 is 3.17. The molecule has 0 saturated carbocycles. The van der Waals surface area contributed by atoms with Gasteiger partial charge in [-0.05, 0) is 31.9 Å². The Balaban J connectivity index is 2.25. The van der Waals surface area contributed by atoms with Crippen LogP contribution in [-0.2, 0) is 21.3 Å². The first-order chi connectivity index (χ1) is 9.77. The molecule has 8 heteroatoms. The van der Waals surface area contributed by atoms with Crippen LogP contribution in [0, 0.1) is 5.82 Å². The van der Waals surface area contributed by atoms with Gasteiger partial charge in [0, 0.05) is 29.7 Å². The van der Waals surface area contributed by atoms with Crippen LogP contribution in [0.1, 0.15) is 25.3 Å². The van der Waals surface area contributed by atoms with Crippen LogP contribution >= 0.6 is 15.9 Å². The molecule has 0 aliphatic carbocycles. The Morgan fingerprint density at radius 3 is 2.81 bits per heavy atom. The second-order valence-corrected chi connectivity index (χ2v) is 7.96. The summed E-state index contributed by atoms with van der Waals surface area (Å²) in [6.07, 6.45) is 1.66. The molecular formula is C13H18BrFN2O3S. The van der Waals surface area contributed by atoms with E-state index >= 15 is 0 Å². The van der Waals surface area contributed by atoms with Crippen molar-refractivity contribution in [2.45, 2.75) is 36.8 Å². The number of benzene rings is 1. The summed E-state index contributed by atoms with van der Waals surface area (Å²) in [4.78, 5) is -0.404. The van der Waals surface area contributed by atoms with Crippen molar-refractivity contribution in [3.63, 3.8) is 0 Å². The molecule has 2 rings (SSSR count). The van der Waals surface area contributed by atoms with Gasteiger partial charge in [-0.15, -0.1) is 0 Å². The van der Waals surface area contributed by atoms with E-state index in [0.29, 0.717) is 11.1 Å². The summed E-state index contributed by atoms with van der Waals surface area (Å²) in [5, 5.41) is 0. The molecule has 1 atom stereocenters. The third kappa shape index (κ3) is 3.81. The molecule has 0 bridgehead atoms. The Bertz CT molecular complexity index is 631. The molecule has 1 aromatic rings. The van der Waals surface area contributed by atoms with Gasteiger partial charge < -0.3 is 10.5 Å². The number of halogens is 2. The molecule has 0 amide bonds. The molecule has 1 saturated heterocycles. The van der Waals surface area contributed by atoms with Crippen LogP contribution in [0.15, 0.2) is 21.5 Å². The first kappa shape index (κ1) is 16.8. The van der Waals surface area contributed by atoms with Crippen molar-refractivity contribution in [2.24, 2.45) is 5.73 Å². The fourth-order valence-electron chi connectivity index (χ4n) is 2.26. The SMILES string of the molecule is CC1(CNS(=O)(=O)c2cc(Br)cc(CN)c2F)CCCO1. The number of hydrogen-bond acceptors (Lipinski definition) is 4. The predicted octanol–water partition coefficient (Wildman–Crippen LogP) is 1.89. The van der Waals surface area contributed by atoms with Gasteiger partial charge in [0.2, 0.25) is 10.0 Å². The third-order valence-electron chi connectivity index (χ3n) is 3.53. The number of nitrogens with two attached hydrogens (primary N) is 1. The van der Waals surface area contributed by atoms with E-state index in [1.165, 1.54) is 12.1 Å². The number of nitrogens with one attached hydrogen (secondary N) is 1. The normalized spacial score (nSPS) is 22.7. The number of sulfonamides is 1. The van der Waals surface area contributed by atoms with E-state index in [-0.39, 0.29) is 18.7 Å². The maximum Gasteiger partial charge on any atom is 0.243 e. The average Bonchev–Trinajstić information content (AvgIpc) is 2.86. The van der Waals surface area contributed by atoms with Crippen LogP contribution in [0.25, 0.3) is 0 Å². The summed E-state index contributed by atoms with van der Waals surface area (Å²) in [6.45, 7) is 2.49. The lowest BCUT2D eigenvalue weighted by atomic mass is 10.0. The molecule has 0 radical (unpaired) electrons. The van der Waals surface area contributed by atoms with Gasteiger partial charge in [-0.25, -0.2) is 17.5 Å². The maximum absolute atomic E-state index is 14.2. The fourth-order valence-corrected chi connectivity index (χ4v) is 4.22. The standard InChI is InChI=1S/C13H18BrFN2O3S/c1-13(3-2-4-20-13)8-17-21(18,19)11-6-10(14)5-9(7-16)12(11)15/h5-6,17H,2-4,7-8,16H2,1H3. The molecule has 1 fully saturated rings. The Morgan fingerprint density at radius 2 is 2.24 bits per heavy atom. The van der Waals surface area contributed by atoms with E-state index in [1.54, 1.807) is 0 Å². The van der Waals surface area contributed by atoms with E-state index in [2.05, 4.69) is 20.7 Å². The maximum atomic E-state index is 14.2. The number of ether oxygens (including phenoxy) is 1. The molecule has 1 heterocycles. The fraction of sp³-hybridized carbons (Fsp3) is 0.538. The minimum atomic E-state index is -3.96. The number of hydrogen-bond donors (Lipinski definition) is 2. The molecule has 21 heavy (non-hydrogen) atoms. The van der Waals surface area contributed by atoms with Crippen LogP contribution in [0.2, 0.25) is 0 Å². The zero-order chi connectivity index (χ0) is 15.7. The monoisotopic (exact) mass is 380 g/mol. The molecule has 1 aliphatic rings. The van der Waals surface area contributed by atoms with Gasteiger partial charge in [0.1, 0.15) is 10.7 Å². The summed E-state index contributed by atoms with van der Waals surface area (Å²) in [5.41, 5.74) is 5.04. The summed E-state index contributed by atoms with van der Waals surface area (Å²) in [5.74, 6) is -0.814. The van der Waals surface area contributed by atoms with Crippen LogP contribution in [0.4, 0.5) is 4.39 Å². The lowest BCUT2D eigenvalue weighted by molar-refractivity contribution is 0.0250. The Morgan fingerprint density at radius 1 is 1.52 bits per heavy atom. The highest BCUT2D eigenvalue weighted by molar-refractivity contribution is 9.10. The highest BCUT2D eigenvalue weighted by atomic mass is 79.9. The van der Waals surface area contributed by atoms with Crippen molar-refractivity contribution in [2.75, 3.05) is 13.2 Å². The largest absolute Gasteiger partial charge is 0.374 e. The van der Waals surface area contributed by atoms with Crippen LogP contribution in [-0.4, -0.2) is 27.2 Å². The summed E-state index contributed by atoms with van der Waals surface area (Å²) in [7, 11) is -3.96. The van der Waals surface area contributed by atoms with Gasteiger partial charge in [-0.3, -0.25) is 0 Å². The van der Waals surface area contributed by atoms with Crippen LogP contribution < -0.4 is 10.5 Å². The quantitative estimate of drug-likeness (QED) is 0.816. The zero-order valence-corrected chi connectivity index (χ0v) is 14.1. The van der Waals surface area contributed by atoms with E-state index in [1.807, 2.05) is 6.92 Å². The summed E-state index contributed by atoms with van der Waals surface area (Å²) < 4.78 is 47.2. The third-order valence-corrected chi connectivity index (χ3v) is 5.38. The van der Waals surface area contributed by atoms with Gasteiger partial charge in [-0.1, -0.05) is 15.9 Å². The van der Waals surface area contributed by atoms with E-state index < -0.39 is 26.3 Å². The Labute approximate surface area is 132 Å². The second kappa shape index (κ2) is 6.29. The van der Waals surface area contributed by atoms with Gasteiger partial charge in [0.05, 0.1) is 5.60 Å². The number of rotatable bonds is 5. The molecule has 1 unspecified atom stereocenters. The minimum absolute atomic E-state index is 0.0748. The zero-order valence-electron chi connectivity index (χ0n) is 11.7. The first-order valence-corrected chi connectivity index (χ1v) is 8.87. The van der Waals surface area contributed by atoms with Crippen molar-refractivity contribution in [3.05, 3.63) is 28.0 Å². The molecule has 5 nitrogen and oxygen atoms in total. The highest BCUT2D eigenvalue weighted by Crippen LogP contribution is 2.27. The smallest absolute Gasteiger partial charge is 0.243 e. The molecule has 1 aromatic carbocycles. The van der Waals surface area contributed by atoms with Gasteiger partial charge in [0.15, 0.2) is 0 Å². The van der Waals surface area contributed by atoms with Crippen molar-refractivity contribution in [1.82, 2.24) is 4.72 Å². The molecule has 0 spiro atoms. The van der Waals surface area contributed by atoms with E-state index in [0.717, 1.165) is 12.8 Å². The molecule has 118 valence electrons. The summed E-state index contributed by atoms with van der Waals surface area (Å²) in [6, 6.07) is 2.70. The second-order valence-electron chi connectivity index (χ2n) is 5.31.